The predicted molar refractivity (Wildman–Crippen MR) is 175 cm³/mol. The number of nitriles is 1. The summed E-state index contributed by atoms with van der Waals surface area (Å²) in [7, 11) is 1.36. The Labute approximate surface area is 297 Å². The number of methoxy groups -OCH3 is 1. The van der Waals surface area contributed by atoms with Crippen LogP contribution < -0.4 is 26.0 Å². The number of ketones is 1. The van der Waals surface area contributed by atoms with Gasteiger partial charge in [-0.15, -0.1) is 11.3 Å². The number of ether oxygens (including phenoxy) is 1. The van der Waals surface area contributed by atoms with E-state index in [2.05, 4.69) is 16.0 Å². The van der Waals surface area contributed by atoms with Crippen molar-refractivity contribution >= 4 is 52.3 Å². The summed E-state index contributed by atoms with van der Waals surface area (Å²) in [4.78, 5) is 65.8. The van der Waals surface area contributed by atoms with Gasteiger partial charge in [0.1, 0.15) is 24.4 Å². The Morgan fingerprint density at radius 3 is 2.14 bits per heavy atom. The molecule has 0 aliphatic heterocycles. The van der Waals surface area contributed by atoms with Gasteiger partial charge < -0.3 is 26.0 Å². The molecule has 51 heavy (non-hydrogen) atoms. The van der Waals surface area contributed by atoms with Crippen molar-refractivity contribution in [2.45, 2.75) is 50.5 Å². The van der Waals surface area contributed by atoms with Gasteiger partial charge in [-0.2, -0.15) is 27.2 Å². The summed E-state index contributed by atoms with van der Waals surface area (Å²) in [6, 6.07) is 11.3. The Hall–Kier alpha value is -5.08. The van der Waals surface area contributed by atoms with Gasteiger partial charge in [-0.25, -0.2) is 0 Å². The highest BCUT2D eigenvalue weighted by Gasteiger charge is 2.52. The normalized spacial score (nSPS) is 13.3. The fraction of sp³-hybridized carbons (Fsp3) is 0.333. The first-order valence-electron chi connectivity index (χ1n) is 14.9. The lowest BCUT2D eigenvalue weighted by Gasteiger charge is -2.28. The van der Waals surface area contributed by atoms with Crippen LogP contribution in [-0.2, 0) is 25.6 Å². The monoisotopic (exact) mass is 755 g/mol. The number of carbonyl (C=O) groups excluding carboxylic acids is 5. The molecule has 3 atom stereocenters. The summed E-state index contributed by atoms with van der Waals surface area (Å²) >= 11 is 6.89. The van der Waals surface area contributed by atoms with Gasteiger partial charge in [0.15, 0.2) is 0 Å². The number of amides is 4. The van der Waals surface area contributed by atoms with E-state index in [0.29, 0.717) is 11.3 Å². The standard InChI is InChI=1S/C33H31ClF5N5O6S/c1-17(2)25(27(45)33(38,39)31(49)41-16-32(35,36)37)43-30(48)26(20-7-9-21(50-3)10-8-20)44-28(46)22(14-18-5-4-6-19(13-18)15-40)42-29(47)23-11-12-24(34)51-23/h4-13,17,22,25-26H,14,16H2,1-3H3,(H,41,49)(H,42,47)(H,43,48)(H,44,46)/t22-,25-,26-/m0/s1. The SMILES string of the molecule is COc1ccc([C@H](NC(=O)[C@H](Cc2cccc(C#N)c2)NC(=O)c2ccc(Cl)s2)C(=O)N[C@H](C(=O)C(F)(F)C(=O)NCC(F)(F)F)C(C)C)cc1. The molecule has 1 aromatic heterocycles. The molecule has 272 valence electrons. The molecule has 18 heteroatoms. The number of alkyl halides is 5. The van der Waals surface area contributed by atoms with Crippen molar-refractivity contribution in [1.82, 2.24) is 21.3 Å². The van der Waals surface area contributed by atoms with E-state index in [9.17, 15) is 51.2 Å². The maximum Gasteiger partial charge on any atom is 0.405 e. The van der Waals surface area contributed by atoms with Gasteiger partial charge in [-0.1, -0.05) is 49.7 Å². The van der Waals surface area contributed by atoms with Crippen molar-refractivity contribution < 1.29 is 50.7 Å². The van der Waals surface area contributed by atoms with Crippen molar-refractivity contribution in [1.29, 1.82) is 5.26 Å². The van der Waals surface area contributed by atoms with E-state index in [0.717, 1.165) is 16.7 Å². The average molecular weight is 756 g/mol. The highest BCUT2D eigenvalue weighted by molar-refractivity contribution is 7.18. The van der Waals surface area contributed by atoms with Crippen LogP contribution in [0.2, 0.25) is 4.34 Å². The van der Waals surface area contributed by atoms with Crippen LogP contribution in [0.5, 0.6) is 5.75 Å². The molecule has 11 nitrogen and oxygen atoms in total. The molecule has 0 saturated carbocycles. The second-order valence-electron chi connectivity index (χ2n) is 11.3. The number of benzene rings is 2. The molecule has 0 spiro atoms. The Morgan fingerprint density at radius 2 is 1.59 bits per heavy atom. The quantitative estimate of drug-likeness (QED) is 0.131. The summed E-state index contributed by atoms with van der Waals surface area (Å²) < 4.78 is 72.8. The molecule has 3 rings (SSSR count). The number of thiophene rings is 1. The molecule has 4 amide bonds. The summed E-state index contributed by atoms with van der Waals surface area (Å²) in [5.41, 5.74) is 0.764. The van der Waals surface area contributed by atoms with Gasteiger partial charge in [-0.3, -0.25) is 24.0 Å². The number of hydrogen-bond donors (Lipinski definition) is 4. The number of rotatable bonds is 15. The third kappa shape index (κ3) is 11.2. The van der Waals surface area contributed by atoms with Gasteiger partial charge in [0.2, 0.25) is 17.6 Å². The molecule has 0 saturated heterocycles. The average Bonchev–Trinajstić information content (AvgIpc) is 3.53. The number of nitrogens with zero attached hydrogens (tertiary/aromatic N) is 1. The molecule has 0 fully saturated rings. The lowest BCUT2D eigenvalue weighted by atomic mass is 9.94. The van der Waals surface area contributed by atoms with E-state index in [1.165, 1.54) is 69.5 Å². The van der Waals surface area contributed by atoms with Crippen LogP contribution in [0.4, 0.5) is 22.0 Å². The van der Waals surface area contributed by atoms with Crippen LogP contribution in [0.15, 0.2) is 60.7 Å². The zero-order valence-corrected chi connectivity index (χ0v) is 28.6. The Kier molecular flexibility index (Phi) is 13.6. The minimum absolute atomic E-state index is 0.0629. The smallest absolute Gasteiger partial charge is 0.405 e. The Balaban J connectivity index is 1.97. The van der Waals surface area contributed by atoms with E-state index in [1.54, 1.807) is 12.1 Å². The van der Waals surface area contributed by atoms with Crippen LogP contribution >= 0.6 is 22.9 Å². The Morgan fingerprint density at radius 1 is 0.922 bits per heavy atom. The summed E-state index contributed by atoms with van der Waals surface area (Å²) in [6.07, 6.45) is -5.23. The topological polar surface area (TPSA) is 166 Å². The van der Waals surface area contributed by atoms with Crippen LogP contribution in [-0.4, -0.2) is 67.2 Å². The summed E-state index contributed by atoms with van der Waals surface area (Å²) in [5.74, 6) is -13.3. The first-order chi connectivity index (χ1) is 23.9. The number of Topliss-reactive ketones (excluding diaryl/α,β-unsaturated/α-hetero) is 1. The molecule has 0 unspecified atom stereocenters. The maximum absolute atomic E-state index is 14.9. The number of halogens is 6. The number of nitrogens with one attached hydrogen (secondary N) is 4. The zero-order chi connectivity index (χ0) is 38.1. The van der Waals surface area contributed by atoms with Crippen LogP contribution in [0.1, 0.15) is 46.3 Å². The van der Waals surface area contributed by atoms with E-state index >= 15 is 0 Å². The van der Waals surface area contributed by atoms with Crippen LogP contribution in [0.25, 0.3) is 0 Å². The minimum atomic E-state index is -5.04. The first-order valence-corrected chi connectivity index (χ1v) is 16.1. The minimum Gasteiger partial charge on any atom is -0.497 e. The van der Waals surface area contributed by atoms with Crippen molar-refractivity contribution in [2.75, 3.05) is 13.7 Å². The second-order valence-corrected chi connectivity index (χ2v) is 13.0. The zero-order valence-electron chi connectivity index (χ0n) is 27.1. The largest absolute Gasteiger partial charge is 0.497 e. The molecule has 0 aliphatic carbocycles. The van der Waals surface area contributed by atoms with Crippen molar-refractivity contribution in [3.63, 3.8) is 0 Å². The van der Waals surface area contributed by atoms with E-state index in [-0.39, 0.29) is 26.8 Å². The van der Waals surface area contributed by atoms with Crippen molar-refractivity contribution in [3.05, 3.63) is 86.6 Å². The molecular formula is C33H31ClF5N5O6S. The highest BCUT2D eigenvalue weighted by atomic mass is 35.5. The lowest BCUT2D eigenvalue weighted by molar-refractivity contribution is -0.165. The molecular weight excluding hydrogens is 725 g/mol. The highest BCUT2D eigenvalue weighted by Crippen LogP contribution is 2.25. The fourth-order valence-corrected chi connectivity index (χ4v) is 5.53. The number of carbonyl (C=O) groups is 5. The van der Waals surface area contributed by atoms with Crippen molar-refractivity contribution in [2.24, 2.45) is 5.92 Å². The third-order valence-electron chi connectivity index (χ3n) is 7.20. The lowest BCUT2D eigenvalue weighted by Crippen LogP contribution is -2.58. The first kappa shape index (κ1) is 40.4. The molecule has 0 radical (unpaired) electrons. The van der Waals surface area contributed by atoms with Gasteiger partial charge in [0, 0.05) is 6.42 Å². The third-order valence-corrected chi connectivity index (χ3v) is 8.43. The number of hydrogen-bond acceptors (Lipinski definition) is 8. The van der Waals surface area contributed by atoms with E-state index in [4.69, 9.17) is 16.3 Å². The molecule has 2 aromatic carbocycles. The summed E-state index contributed by atoms with van der Waals surface area (Å²) in [5, 5.41) is 17.4. The molecule has 0 bridgehead atoms. The molecule has 4 N–H and O–H groups in total. The van der Waals surface area contributed by atoms with Crippen LogP contribution in [0.3, 0.4) is 0 Å². The fourth-order valence-electron chi connectivity index (χ4n) is 4.59. The molecule has 1 heterocycles. The van der Waals surface area contributed by atoms with Gasteiger partial charge >= 0.3 is 12.1 Å². The maximum atomic E-state index is 14.9. The van der Waals surface area contributed by atoms with E-state index in [1.807, 2.05) is 6.07 Å². The van der Waals surface area contributed by atoms with Crippen molar-refractivity contribution in [3.8, 4) is 11.8 Å². The molecule has 3 aromatic rings. The van der Waals surface area contributed by atoms with Gasteiger partial charge in [0.25, 0.3) is 11.8 Å². The van der Waals surface area contributed by atoms with Gasteiger partial charge in [-0.05, 0) is 53.4 Å². The predicted octanol–water partition coefficient (Wildman–Crippen LogP) is 4.50. The van der Waals surface area contributed by atoms with E-state index < -0.39 is 72.1 Å². The second kappa shape index (κ2) is 17.2. The van der Waals surface area contributed by atoms with Crippen LogP contribution in [0, 0.1) is 17.2 Å². The Bertz CT molecular complexity index is 1800. The molecule has 0 aliphatic rings. The van der Waals surface area contributed by atoms with Gasteiger partial charge in [0.05, 0.1) is 34.0 Å². The summed E-state index contributed by atoms with van der Waals surface area (Å²) in [6.45, 7) is 0.355.